The lowest BCUT2D eigenvalue weighted by Crippen LogP contribution is -2.48. The van der Waals surface area contributed by atoms with Crippen molar-refractivity contribution >= 4 is 27.5 Å². The van der Waals surface area contributed by atoms with Crippen molar-refractivity contribution in [3.05, 3.63) is 60.2 Å². The maximum Gasteiger partial charge on any atom is 0.416 e. The average molecular weight is 499 g/mol. The van der Waals surface area contributed by atoms with Gasteiger partial charge >= 0.3 is 6.18 Å². The van der Waals surface area contributed by atoms with Crippen molar-refractivity contribution in [1.29, 1.82) is 0 Å². The third kappa shape index (κ3) is 7.54. The van der Waals surface area contributed by atoms with Gasteiger partial charge in [-0.1, -0.05) is 24.3 Å². The second-order valence-electron chi connectivity index (χ2n) is 7.88. The molecule has 0 spiro atoms. The van der Waals surface area contributed by atoms with Gasteiger partial charge in [-0.05, 0) is 43.2 Å². The van der Waals surface area contributed by atoms with Gasteiger partial charge in [0.15, 0.2) is 0 Å². The number of carbonyl (C=O) groups excluding carboxylic acids is 2. The van der Waals surface area contributed by atoms with Crippen molar-refractivity contribution in [3.63, 3.8) is 0 Å². The molecule has 1 aliphatic rings. The first-order chi connectivity index (χ1) is 16.0. The quantitative estimate of drug-likeness (QED) is 0.517. The summed E-state index contributed by atoms with van der Waals surface area (Å²) >= 11 is 0. The molecule has 1 aliphatic heterocycles. The molecular weight excluding hydrogens is 473 g/mol. The number of benzene rings is 2. The van der Waals surface area contributed by atoms with E-state index in [0.29, 0.717) is 37.7 Å². The highest BCUT2D eigenvalue weighted by molar-refractivity contribution is 7.89. The van der Waals surface area contributed by atoms with Crippen LogP contribution in [0.2, 0.25) is 0 Å². The van der Waals surface area contributed by atoms with Gasteiger partial charge in [0, 0.05) is 24.8 Å². The number of alkyl halides is 3. The lowest BCUT2D eigenvalue weighted by atomic mass is 10.1. The number of amides is 2. The number of rotatable bonds is 8. The summed E-state index contributed by atoms with van der Waals surface area (Å²) in [6.07, 6.45) is -3.53. The largest absolute Gasteiger partial charge is 0.416 e. The van der Waals surface area contributed by atoms with E-state index in [9.17, 15) is 31.2 Å². The Hall–Kier alpha value is -2.96. The number of halogens is 3. The van der Waals surface area contributed by atoms with E-state index in [4.69, 9.17) is 0 Å². The number of hydrogen-bond acceptors (Lipinski definition) is 5. The van der Waals surface area contributed by atoms with E-state index in [2.05, 4.69) is 10.6 Å². The third-order valence-electron chi connectivity index (χ3n) is 5.27. The van der Waals surface area contributed by atoms with E-state index >= 15 is 0 Å². The number of sulfonamides is 1. The fourth-order valence-electron chi connectivity index (χ4n) is 3.52. The molecule has 8 nitrogen and oxygen atoms in total. The van der Waals surface area contributed by atoms with Gasteiger partial charge in [0.25, 0.3) is 0 Å². The summed E-state index contributed by atoms with van der Waals surface area (Å²) in [5.74, 6) is -0.728. The second-order valence-corrected chi connectivity index (χ2v) is 9.65. The summed E-state index contributed by atoms with van der Waals surface area (Å²) in [6.45, 7) is 0.761. The zero-order chi connectivity index (χ0) is 24.8. The molecule has 1 saturated heterocycles. The van der Waals surface area contributed by atoms with Gasteiger partial charge in [-0.2, -0.15) is 13.2 Å². The maximum atomic E-state index is 12.8. The molecule has 34 heavy (non-hydrogen) atoms. The van der Waals surface area contributed by atoms with Crippen molar-refractivity contribution in [1.82, 2.24) is 14.9 Å². The zero-order valence-electron chi connectivity index (χ0n) is 18.1. The van der Waals surface area contributed by atoms with Crippen LogP contribution in [0.15, 0.2) is 59.5 Å². The first kappa shape index (κ1) is 25.7. The molecule has 2 aromatic rings. The Labute approximate surface area is 195 Å². The molecule has 0 unspecified atom stereocenters. The molecule has 0 bridgehead atoms. The summed E-state index contributed by atoms with van der Waals surface area (Å²) in [7, 11) is -4.29. The van der Waals surface area contributed by atoms with Crippen molar-refractivity contribution < 1.29 is 31.2 Å². The normalized spacial score (nSPS) is 15.6. The molecular formula is C22H25F3N4O4S. The third-order valence-corrected chi connectivity index (χ3v) is 6.67. The molecule has 2 aromatic carbocycles. The molecule has 3 rings (SSSR count). The first-order valence-corrected chi connectivity index (χ1v) is 12.0. The van der Waals surface area contributed by atoms with Crippen molar-refractivity contribution in [2.24, 2.45) is 0 Å². The van der Waals surface area contributed by atoms with Gasteiger partial charge in [0.2, 0.25) is 21.8 Å². The van der Waals surface area contributed by atoms with E-state index in [1.54, 1.807) is 12.1 Å². The van der Waals surface area contributed by atoms with E-state index in [0.717, 1.165) is 18.2 Å². The van der Waals surface area contributed by atoms with Gasteiger partial charge in [-0.3, -0.25) is 14.5 Å². The minimum absolute atomic E-state index is 0.141. The molecule has 12 heteroatoms. The predicted molar refractivity (Wildman–Crippen MR) is 119 cm³/mol. The zero-order valence-corrected chi connectivity index (χ0v) is 19.0. The molecule has 0 aromatic heterocycles. The topological polar surface area (TPSA) is 108 Å². The van der Waals surface area contributed by atoms with Crippen LogP contribution in [0.25, 0.3) is 0 Å². The van der Waals surface area contributed by atoms with Crippen LogP contribution < -0.4 is 15.4 Å². The van der Waals surface area contributed by atoms with Crippen LogP contribution in [0.5, 0.6) is 0 Å². The fraction of sp³-hybridized carbons (Fsp3) is 0.364. The number of likely N-dealkylation sites (tertiary alicyclic amines) is 1. The highest BCUT2D eigenvalue weighted by atomic mass is 32.2. The van der Waals surface area contributed by atoms with Gasteiger partial charge in [-0.25, -0.2) is 13.1 Å². The lowest BCUT2D eigenvalue weighted by molar-refractivity contribution is -0.137. The highest BCUT2D eigenvalue weighted by Gasteiger charge is 2.31. The number of hydrogen-bond donors (Lipinski definition) is 3. The maximum absolute atomic E-state index is 12.8. The van der Waals surface area contributed by atoms with E-state index in [1.165, 1.54) is 0 Å². The smallest absolute Gasteiger partial charge is 0.352 e. The van der Waals surface area contributed by atoms with Crippen LogP contribution in [0.1, 0.15) is 18.4 Å². The number of nitrogens with one attached hydrogen (secondary N) is 3. The van der Waals surface area contributed by atoms with Crippen LogP contribution in [0.3, 0.4) is 0 Å². The Bertz CT molecular complexity index is 1100. The van der Waals surface area contributed by atoms with Crippen molar-refractivity contribution in [2.75, 3.05) is 31.5 Å². The Balaban J connectivity index is 1.42. The van der Waals surface area contributed by atoms with Gasteiger partial charge in [0.1, 0.15) is 0 Å². The monoisotopic (exact) mass is 498 g/mol. The SMILES string of the molecule is O=C(CN1CCC(NC(=O)CNS(=O)(=O)c2cccc(C(F)(F)F)c2)CC1)Nc1ccccc1. The van der Waals surface area contributed by atoms with E-state index in [1.807, 2.05) is 27.8 Å². The number of piperidine rings is 1. The average Bonchev–Trinajstić information content (AvgIpc) is 2.79. The van der Waals surface area contributed by atoms with E-state index in [-0.39, 0.29) is 18.5 Å². The summed E-state index contributed by atoms with van der Waals surface area (Å²) in [5.41, 5.74) is -0.383. The fourth-order valence-corrected chi connectivity index (χ4v) is 4.55. The van der Waals surface area contributed by atoms with Crippen molar-refractivity contribution in [3.8, 4) is 0 Å². The number of anilines is 1. The van der Waals surface area contributed by atoms with Gasteiger partial charge in [-0.15, -0.1) is 0 Å². The standard InChI is InChI=1S/C22H25F3N4O4S/c23-22(24,25)16-5-4-8-19(13-16)34(32,33)26-14-20(30)27-18-9-11-29(12-10-18)15-21(31)28-17-6-2-1-3-7-17/h1-8,13,18,26H,9-12,14-15H2,(H,27,30)(H,28,31). The predicted octanol–water partition coefficient (Wildman–Crippen LogP) is 2.20. The van der Waals surface area contributed by atoms with Crippen molar-refractivity contribution in [2.45, 2.75) is 30.0 Å². The molecule has 3 N–H and O–H groups in total. The molecule has 0 aliphatic carbocycles. The Morgan fingerprint density at radius 3 is 2.29 bits per heavy atom. The Kier molecular flexibility index (Phi) is 8.28. The van der Waals surface area contributed by atoms with Crippen LogP contribution in [0, 0.1) is 0 Å². The van der Waals surface area contributed by atoms with E-state index < -0.39 is 39.1 Å². The molecule has 1 fully saturated rings. The Morgan fingerprint density at radius 1 is 0.971 bits per heavy atom. The first-order valence-electron chi connectivity index (χ1n) is 10.6. The Morgan fingerprint density at radius 2 is 1.65 bits per heavy atom. The molecule has 0 atom stereocenters. The minimum Gasteiger partial charge on any atom is -0.352 e. The van der Waals surface area contributed by atoms with Crippen LogP contribution in [0.4, 0.5) is 18.9 Å². The van der Waals surface area contributed by atoms with Crippen LogP contribution in [-0.4, -0.2) is 57.4 Å². The molecule has 1 heterocycles. The highest BCUT2D eigenvalue weighted by Crippen LogP contribution is 2.30. The van der Waals surface area contributed by atoms with Gasteiger partial charge < -0.3 is 10.6 Å². The molecule has 0 saturated carbocycles. The second kappa shape index (κ2) is 11.0. The molecule has 184 valence electrons. The van der Waals surface area contributed by atoms with Crippen LogP contribution >= 0.6 is 0 Å². The summed E-state index contributed by atoms with van der Waals surface area (Å²) < 4.78 is 65.1. The minimum atomic E-state index is -4.68. The number of carbonyl (C=O) groups is 2. The number of para-hydroxylation sites is 1. The molecule has 0 radical (unpaired) electrons. The molecule has 2 amide bonds. The number of nitrogens with zero attached hydrogens (tertiary/aromatic N) is 1. The summed E-state index contributed by atoms with van der Waals surface area (Å²) in [6, 6.07) is 12.2. The van der Waals surface area contributed by atoms with Gasteiger partial charge in [0.05, 0.1) is 23.5 Å². The summed E-state index contributed by atoms with van der Waals surface area (Å²) in [5, 5.41) is 5.53. The lowest BCUT2D eigenvalue weighted by Gasteiger charge is -2.31. The van der Waals surface area contributed by atoms with Crippen LogP contribution in [-0.2, 0) is 25.8 Å². The summed E-state index contributed by atoms with van der Waals surface area (Å²) in [4.78, 5) is 25.7.